The van der Waals surface area contributed by atoms with E-state index in [1.807, 2.05) is 12.1 Å². The first-order valence-corrected chi connectivity index (χ1v) is 6.90. The van der Waals surface area contributed by atoms with Crippen LogP contribution in [0.25, 0.3) is 0 Å². The molecular weight excluding hydrogens is 322 g/mol. The number of halogens is 1. The summed E-state index contributed by atoms with van der Waals surface area (Å²) in [7, 11) is 0. The lowest BCUT2D eigenvalue weighted by molar-refractivity contribution is 0.0523. The van der Waals surface area contributed by atoms with E-state index >= 15 is 0 Å². The van der Waals surface area contributed by atoms with Crippen molar-refractivity contribution in [3.05, 3.63) is 52.5 Å². The van der Waals surface area contributed by atoms with Crippen LogP contribution in [0.15, 0.2) is 46.9 Å². The molecule has 104 valence electrons. The van der Waals surface area contributed by atoms with Crippen molar-refractivity contribution in [3.8, 4) is 11.5 Å². The summed E-state index contributed by atoms with van der Waals surface area (Å²) in [5.41, 5.74) is 6.59. The molecule has 0 saturated carbocycles. The van der Waals surface area contributed by atoms with Crippen molar-refractivity contribution in [1.29, 1.82) is 0 Å². The molecule has 4 nitrogen and oxygen atoms in total. The first-order valence-electron chi connectivity index (χ1n) is 6.11. The number of hydrogen-bond donors (Lipinski definition) is 1. The highest BCUT2D eigenvalue weighted by molar-refractivity contribution is 9.10. The first-order chi connectivity index (χ1) is 9.61. The summed E-state index contributed by atoms with van der Waals surface area (Å²) in [5, 5.41) is 0. The number of carbonyl (C=O) groups excluding carboxylic acids is 1. The number of carbonyl (C=O) groups is 1. The molecule has 0 unspecified atom stereocenters. The third-order valence-electron chi connectivity index (χ3n) is 2.56. The first kappa shape index (κ1) is 14.4. The van der Waals surface area contributed by atoms with E-state index in [1.54, 1.807) is 37.3 Å². The number of para-hydroxylation sites is 1. The predicted octanol–water partition coefficient (Wildman–Crippen LogP) is 4.00. The Balaban J connectivity index is 2.37. The van der Waals surface area contributed by atoms with Gasteiger partial charge >= 0.3 is 5.97 Å². The van der Waals surface area contributed by atoms with E-state index in [1.165, 1.54) is 0 Å². The van der Waals surface area contributed by atoms with Gasteiger partial charge in [0.25, 0.3) is 0 Å². The lowest BCUT2D eigenvalue weighted by atomic mass is 10.1. The van der Waals surface area contributed by atoms with Crippen LogP contribution in [0.3, 0.4) is 0 Å². The molecule has 2 N–H and O–H groups in total. The monoisotopic (exact) mass is 335 g/mol. The maximum atomic E-state index is 11.9. The molecule has 5 heteroatoms. The van der Waals surface area contributed by atoms with Crippen molar-refractivity contribution < 1.29 is 14.3 Å². The lowest BCUT2D eigenvalue weighted by Crippen LogP contribution is -2.08. The molecule has 0 spiro atoms. The molecular formula is C15H14BrNO3. The minimum atomic E-state index is -0.454. The van der Waals surface area contributed by atoms with Gasteiger partial charge in [-0.1, -0.05) is 28.1 Å². The van der Waals surface area contributed by atoms with Crippen molar-refractivity contribution in [2.24, 2.45) is 0 Å². The molecule has 2 rings (SSSR count). The Morgan fingerprint density at radius 3 is 2.70 bits per heavy atom. The Bertz CT molecular complexity index is 628. The molecule has 20 heavy (non-hydrogen) atoms. The summed E-state index contributed by atoms with van der Waals surface area (Å²) in [6.45, 7) is 2.04. The molecule has 0 aliphatic heterocycles. The van der Waals surface area contributed by atoms with E-state index in [9.17, 15) is 4.79 Å². The van der Waals surface area contributed by atoms with Gasteiger partial charge in [-0.2, -0.15) is 0 Å². The molecule has 2 aromatic carbocycles. The number of ether oxygens (including phenoxy) is 2. The second-order valence-corrected chi connectivity index (χ2v) is 4.92. The van der Waals surface area contributed by atoms with E-state index in [2.05, 4.69) is 15.9 Å². The molecule has 0 aliphatic rings. The SMILES string of the molecule is CCOC(=O)c1cccc(N)c1Oc1cccc(Br)c1. The molecule has 0 amide bonds. The number of nitrogens with two attached hydrogens (primary N) is 1. The van der Waals surface area contributed by atoms with E-state index in [-0.39, 0.29) is 0 Å². The standard InChI is InChI=1S/C15H14BrNO3/c1-2-19-15(18)12-7-4-8-13(17)14(12)20-11-6-3-5-10(16)9-11/h3-9H,2,17H2,1H3. The number of nitrogen functional groups attached to an aromatic ring is 1. The van der Waals surface area contributed by atoms with Crippen LogP contribution in [-0.4, -0.2) is 12.6 Å². The van der Waals surface area contributed by atoms with Crippen molar-refractivity contribution in [2.45, 2.75) is 6.92 Å². The topological polar surface area (TPSA) is 61.5 Å². The number of anilines is 1. The molecule has 0 saturated heterocycles. The average molecular weight is 336 g/mol. The highest BCUT2D eigenvalue weighted by atomic mass is 79.9. The van der Waals surface area contributed by atoms with Gasteiger partial charge in [0.05, 0.1) is 12.3 Å². The molecule has 0 heterocycles. The van der Waals surface area contributed by atoms with E-state index < -0.39 is 5.97 Å². The van der Waals surface area contributed by atoms with Crippen LogP contribution < -0.4 is 10.5 Å². The van der Waals surface area contributed by atoms with Crippen molar-refractivity contribution >= 4 is 27.6 Å². The van der Waals surface area contributed by atoms with E-state index in [4.69, 9.17) is 15.2 Å². The Labute approximate surface area is 125 Å². The highest BCUT2D eigenvalue weighted by Gasteiger charge is 2.16. The van der Waals surface area contributed by atoms with Crippen LogP contribution in [0.4, 0.5) is 5.69 Å². The van der Waals surface area contributed by atoms with Crippen LogP contribution in [0.1, 0.15) is 17.3 Å². The zero-order chi connectivity index (χ0) is 14.5. The molecule has 0 aromatic heterocycles. The van der Waals surface area contributed by atoms with E-state index in [0.29, 0.717) is 29.4 Å². The molecule has 0 radical (unpaired) electrons. The van der Waals surface area contributed by atoms with Gasteiger partial charge in [-0.05, 0) is 37.3 Å². The number of esters is 1. The van der Waals surface area contributed by atoms with Gasteiger partial charge in [0.1, 0.15) is 11.3 Å². The molecule has 2 aromatic rings. The zero-order valence-corrected chi connectivity index (χ0v) is 12.5. The fourth-order valence-corrected chi connectivity index (χ4v) is 2.06. The van der Waals surface area contributed by atoms with Gasteiger partial charge in [-0.25, -0.2) is 4.79 Å². The van der Waals surface area contributed by atoms with Gasteiger partial charge in [0.15, 0.2) is 5.75 Å². The minimum Gasteiger partial charge on any atom is -0.462 e. The van der Waals surface area contributed by atoms with Gasteiger partial charge in [-0.3, -0.25) is 0 Å². The lowest BCUT2D eigenvalue weighted by Gasteiger charge is -2.13. The Hall–Kier alpha value is -2.01. The maximum absolute atomic E-state index is 11.9. The van der Waals surface area contributed by atoms with Crippen molar-refractivity contribution in [3.63, 3.8) is 0 Å². The number of rotatable bonds is 4. The van der Waals surface area contributed by atoms with Crippen LogP contribution in [0.5, 0.6) is 11.5 Å². The predicted molar refractivity (Wildman–Crippen MR) is 81.0 cm³/mol. The van der Waals surface area contributed by atoms with Crippen LogP contribution >= 0.6 is 15.9 Å². The smallest absolute Gasteiger partial charge is 0.342 e. The Morgan fingerprint density at radius 2 is 2.00 bits per heavy atom. The second kappa shape index (κ2) is 6.43. The van der Waals surface area contributed by atoms with Crippen LogP contribution in [-0.2, 0) is 4.74 Å². The fraction of sp³-hybridized carbons (Fsp3) is 0.133. The third kappa shape index (κ3) is 3.30. The Morgan fingerprint density at radius 1 is 1.25 bits per heavy atom. The molecule has 0 fully saturated rings. The summed E-state index contributed by atoms with van der Waals surface area (Å²) in [6, 6.07) is 12.3. The largest absolute Gasteiger partial charge is 0.462 e. The maximum Gasteiger partial charge on any atom is 0.342 e. The van der Waals surface area contributed by atoms with Crippen LogP contribution in [0.2, 0.25) is 0 Å². The summed E-state index contributed by atoms with van der Waals surface area (Å²) < 4.78 is 11.6. The van der Waals surface area contributed by atoms with Crippen molar-refractivity contribution in [2.75, 3.05) is 12.3 Å². The third-order valence-corrected chi connectivity index (χ3v) is 3.05. The molecule has 0 aliphatic carbocycles. The normalized spacial score (nSPS) is 10.1. The minimum absolute atomic E-state index is 0.296. The summed E-state index contributed by atoms with van der Waals surface area (Å²) >= 11 is 3.36. The summed E-state index contributed by atoms with van der Waals surface area (Å²) in [5.74, 6) is 0.441. The number of hydrogen-bond acceptors (Lipinski definition) is 4. The summed E-state index contributed by atoms with van der Waals surface area (Å²) in [6.07, 6.45) is 0. The number of benzene rings is 2. The zero-order valence-electron chi connectivity index (χ0n) is 10.9. The fourth-order valence-electron chi connectivity index (χ4n) is 1.69. The average Bonchev–Trinajstić information content (AvgIpc) is 2.41. The van der Waals surface area contributed by atoms with Gasteiger partial charge < -0.3 is 15.2 Å². The van der Waals surface area contributed by atoms with Gasteiger partial charge in [0, 0.05) is 4.47 Å². The molecule has 0 atom stereocenters. The summed E-state index contributed by atoms with van der Waals surface area (Å²) in [4.78, 5) is 11.9. The van der Waals surface area contributed by atoms with Crippen molar-refractivity contribution in [1.82, 2.24) is 0 Å². The van der Waals surface area contributed by atoms with Crippen LogP contribution in [0, 0.1) is 0 Å². The van der Waals surface area contributed by atoms with E-state index in [0.717, 1.165) is 4.47 Å². The second-order valence-electron chi connectivity index (χ2n) is 4.00. The molecule has 0 bridgehead atoms. The quantitative estimate of drug-likeness (QED) is 0.677. The highest BCUT2D eigenvalue weighted by Crippen LogP contribution is 2.32. The van der Waals surface area contributed by atoms with Gasteiger partial charge in [0.2, 0.25) is 0 Å². The Kier molecular flexibility index (Phi) is 4.63. The van der Waals surface area contributed by atoms with Gasteiger partial charge in [-0.15, -0.1) is 0 Å².